The van der Waals surface area contributed by atoms with Crippen LogP contribution in [0.4, 0.5) is 0 Å². The number of hydrazone groups is 1. The minimum Gasteiger partial charge on any atom is -0.267 e. The van der Waals surface area contributed by atoms with E-state index >= 15 is 0 Å². The highest BCUT2D eigenvalue weighted by molar-refractivity contribution is 6.07. The van der Waals surface area contributed by atoms with Gasteiger partial charge in [-0.1, -0.05) is 79.7 Å². The number of para-hydroxylation sites is 1. The Morgan fingerprint density at radius 2 is 1.69 bits per heavy atom. The first kappa shape index (κ1) is 18.6. The Morgan fingerprint density at radius 3 is 2.45 bits per heavy atom. The lowest BCUT2D eigenvalue weighted by Gasteiger charge is -2.09. The van der Waals surface area contributed by atoms with Gasteiger partial charge < -0.3 is 0 Å². The maximum Gasteiger partial charge on any atom is 0.272 e. The van der Waals surface area contributed by atoms with Crippen LogP contribution in [-0.2, 0) is 6.42 Å². The molecule has 0 aliphatic rings. The van der Waals surface area contributed by atoms with Gasteiger partial charge >= 0.3 is 0 Å². The Bertz CT molecular complexity index is 1170. The van der Waals surface area contributed by atoms with Crippen molar-refractivity contribution >= 4 is 23.0 Å². The molecule has 142 valence electrons. The number of fused-ring (bicyclic) bond motifs is 1. The van der Waals surface area contributed by atoms with Gasteiger partial charge in [0, 0.05) is 10.9 Å². The van der Waals surface area contributed by atoms with Crippen molar-refractivity contribution in [2.45, 2.75) is 13.3 Å². The number of hydrogen-bond acceptors (Lipinski definition) is 3. The van der Waals surface area contributed by atoms with E-state index in [9.17, 15) is 4.79 Å². The molecule has 0 bridgehead atoms. The van der Waals surface area contributed by atoms with E-state index in [1.54, 1.807) is 6.21 Å². The van der Waals surface area contributed by atoms with Gasteiger partial charge in [0.05, 0.1) is 23.0 Å². The normalized spacial score (nSPS) is 11.1. The second-order valence-electron chi connectivity index (χ2n) is 6.73. The van der Waals surface area contributed by atoms with Crippen molar-refractivity contribution in [2.24, 2.45) is 5.10 Å². The first-order valence-electron chi connectivity index (χ1n) is 9.62. The number of carbonyl (C=O) groups is 1. The van der Waals surface area contributed by atoms with Crippen LogP contribution < -0.4 is 5.43 Å². The van der Waals surface area contributed by atoms with Gasteiger partial charge in [-0.2, -0.15) is 5.10 Å². The van der Waals surface area contributed by atoms with Crippen molar-refractivity contribution in [3.63, 3.8) is 0 Å². The number of rotatable bonds is 5. The van der Waals surface area contributed by atoms with E-state index in [0.717, 1.165) is 34.1 Å². The second kappa shape index (κ2) is 8.48. The summed E-state index contributed by atoms with van der Waals surface area (Å²) in [5, 5.41) is 4.94. The molecule has 0 saturated heterocycles. The second-order valence-corrected chi connectivity index (χ2v) is 6.73. The third kappa shape index (κ3) is 4.22. The molecule has 0 aliphatic carbocycles. The van der Waals surface area contributed by atoms with Crippen LogP contribution in [-0.4, -0.2) is 17.1 Å². The zero-order valence-corrected chi connectivity index (χ0v) is 16.2. The molecule has 0 spiro atoms. The minimum atomic E-state index is -0.262. The van der Waals surface area contributed by atoms with Gasteiger partial charge in [0.2, 0.25) is 0 Å². The number of benzene rings is 3. The lowest BCUT2D eigenvalue weighted by molar-refractivity contribution is 0.0956. The molecule has 1 heterocycles. The lowest BCUT2D eigenvalue weighted by Crippen LogP contribution is -2.18. The first-order chi connectivity index (χ1) is 14.2. The number of aromatic nitrogens is 1. The lowest BCUT2D eigenvalue weighted by atomic mass is 10.0. The maximum absolute atomic E-state index is 12.9. The number of hydrogen-bond donors (Lipinski definition) is 1. The van der Waals surface area contributed by atoms with E-state index in [1.165, 1.54) is 5.56 Å². The SMILES string of the molecule is CCc1ccc(/C=N/NC(=O)c2cc(-c3ccccc3)nc3ccccc23)cc1. The Labute approximate surface area is 169 Å². The van der Waals surface area contributed by atoms with Gasteiger partial charge in [-0.05, 0) is 29.7 Å². The van der Waals surface area contributed by atoms with Gasteiger partial charge in [0.1, 0.15) is 0 Å². The third-order valence-corrected chi connectivity index (χ3v) is 4.80. The summed E-state index contributed by atoms with van der Waals surface area (Å²) in [6.07, 6.45) is 2.64. The predicted molar refractivity (Wildman–Crippen MR) is 118 cm³/mol. The van der Waals surface area contributed by atoms with Crippen LogP contribution in [0.1, 0.15) is 28.4 Å². The molecule has 1 aromatic heterocycles. The summed E-state index contributed by atoms with van der Waals surface area (Å²) in [7, 11) is 0. The number of aryl methyl sites for hydroxylation is 1. The van der Waals surface area contributed by atoms with E-state index in [2.05, 4.69) is 29.6 Å². The van der Waals surface area contributed by atoms with Gasteiger partial charge in [-0.3, -0.25) is 4.79 Å². The molecule has 0 unspecified atom stereocenters. The number of pyridine rings is 1. The van der Waals surface area contributed by atoms with Crippen molar-refractivity contribution < 1.29 is 4.79 Å². The fourth-order valence-electron chi connectivity index (χ4n) is 3.19. The Kier molecular flexibility index (Phi) is 5.43. The van der Waals surface area contributed by atoms with Gasteiger partial charge in [0.25, 0.3) is 5.91 Å². The Morgan fingerprint density at radius 1 is 0.966 bits per heavy atom. The van der Waals surface area contributed by atoms with Crippen LogP contribution >= 0.6 is 0 Å². The van der Waals surface area contributed by atoms with Crippen molar-refractivity contribution in [3.05, 3.63) is 102 Å². The first-order valence-corrected chi connectivity index (χ1v) is 9.62. The number of amides is 1. The molecule has 4 aromatic rings. The molecular formula is C25H21N3O. The summed E-state index contributed by atoms with van der Waals surface area (Å²) in [6, 6.07) is 27.4. The third-order valence-electron chi connectivity index (χ3n) is 4.80. The van der Waals surface area contributed by atoms with Crippen molar-refractivity contribution in [1.29, 1.82) is 0 Å². The fraction of sp³-hybridized carbons (Fsp3) is 0.0800. The molecule has 29 heavy (non-hydrogen) atoms. The smallest absolute Gasteiger partial charge is 0.267 e. The molecule has 4 heteroatoms. The number of nitrogens with zero attached hydrogens (tertiary/aromatic N) is 2. The number of carbonyl (C=O) groups excluding carboxylic acids is 1. The van der Waals surface area contributed by atoms with E-state index in [-0.39, 0.29) is 5.91 Å². The molecular weight excluding hydrogens is 358 g/mol. The van der Waals surface area contributed by atoms with Crippen LogP contribution in [0.15, 0.2) is 90.0 Å². The summed E-state index contributed by atoms with van der Waals surface area (Å²) in [4.78, 5) is 17.6. The van der Waals surface area contributed by atoms with E-state index in [0.29, 0.717) is 5.56 Å². The minimum absolute atomic E-state index is 0.262. The summed E-state index contributed by atoms with van der Waals surface area (Å²) >= 11 is 0. The van der Waals surface area contributed by atoms with Crippen molar-refractivity contribution in [2.75, 3.05) is 0 Å². The highest BCUT2D eigenvalue weighted by Gasteiger charge is 2.13. The molecule has 4 nitrogen and oxygen atoms in total. The molecule has 0 fully saturated rings. The fourth-order valence-corrected chi connectivity index (χ4v) is 3.19. The van der Waals surface area contributed by atoms with E-state index in [1.807, 2.05) is 72.8 Å². The summed E-state index contributed by atoms with van der Waals surface area (Å²) in [5.74, 6) is -0.262. The average Bonchev–Trinajstić information content (AvgIpc) is 2.79. The topological polar surface area (TPSA) is 54.4 Å². The van der Waals surface area contributed by atoms with Crippen LogP contribution in [0.3, 0.4) is 0 Å². The van der Waals surface area contributed by atoms with Crippen LogP contribution in [0.5, 0.6) is 0 Å². The van der Waals surface area contributed by atoms with E-state index in [4.69, 9.17) is 4.98 Å². The quantitative estimate of drug-likeness (QED) is 0.381. The molecule has 1 N–H and O–H groups in total. The monoisotopic (exact) mass is 379 g/mol. The Balaban J connectivity index is 1.63. The zero-order chi connectivity index (χ0) is 20.1. The highest BCUT2D eigenvalue weighted by atomic mass is 16.2. The summed E-state index contributed by atoms with van der Waals surface area (Å²) in [5.41, 5.74) is 7.90. The Hall–Kier alpha value is -3.79. The average molecular weight is 379 g/mol. The van der Waals surface area contributed by atoms with Crippen LogP contribution in [0.25, 0.3) is 22.2 Å². The molecule has 0 radical (unpaired) electrons. The number of nitrogens with one attached hydrogen (secondary N) is 1. The van der Waals surface area contributed by atoms with Crippen LogP contribution in [0.2, 0.25) is 0 Å². The van der Waals surface area contributed by atoms with Crippen molar-refractivity contribution in [3.8, 4) is 11.3 Å². The zero-order valence-electron chi connectivity index (χ0n) is 16.2. The molecule has 0 atom stereocenters. The van der Waals surface area contributed by atoms with Crippen LogP contribution in [0, 0.1) is 0 Å². The van der Waals surface area contributed by atoms with E-state index < -0.39 is 0 Å². The molecule has 0 aliphatic heterocycles. The molecule has 0 saturated carbocycles. The largest absolute Gasteiger partial charge is 0.272 e. The standard InChI is InChI=1S/C25H21N3O/c1-2-18-12-14-19(15-13-18)17-26-28-25(29)22-16-24(20-8-4-3-5-9-20)27-23-11-7-6-10-21(22)23/h3-17H,2H2,1H3,(H,28,29)/b26-17+. The molecule has 3 aromatic carbocycles. The predicted octanol–water partition coefficient (Wildman–Crippen LogP) is 5.23. The van der Waals surface area contributed by atoms with Gasteiger partial charge in [-0.25, -0.2) is 10.4 Å². The van der Waals surface area contributed by atoms with Gasteiger partial charge in [0.15, 0.2) is 0 Å². The molecule has 1 amide bonds. The highest BCUT2D eigenvalue weighted by Crippen LogP contribution is 2.24. The summed E-state index contributed by atoms with van der Waals surface area (Å²) in [6.45, 7) is 2.12. The van der Waals surface area contributed by atoms with Crippen molar-refractivity contribution in [1.82, 2.24) is 10.4 Å². The van der Waals surface area contributed by atoms with Gasteiger partial charge in [-0.15, -0.1) is 0 Å². The summed E-state index contributed by atoms with van der Waals surface area (Å²) < 4.78 is 0. The molecule has 4 rings (SSSR count). The maximum atomic E-state index is 12.9.